The van der Waals surface area contributed by atoms with Crippen molar-refractivity contribution in [3.63, 3.8) is 0 Å². The molecule has 0 fully saturated rings. The van der Waals surface area contributed by atoms with Gasteiger partial charge in [-0.3, -0.25) is 4.98 Å². The van der Waals surface area contributed by atoms with Crippen LogP contribution in [0.5, 0.6) is 0 Å². The van der Waals surface area contributed by atoms with E-state index in [1.165, 1.54) is 0 Å². The summed E-state index contributed by atoms with van der Waals surface area (Å²) in [5.74, 6) is 1.03. The summed E-state index contributed by atoms with van der Waals surface area (Å²) in [4.78, 5) is 8.42. The molecule has 6 heteroatoms. The van der Waals surface area contributed by atoms with Crippen LogP contribution in [-0.4, -0.2) is 15.1 Å². The third-order valence-electron chi connectivity index (χ3n) is 2.82. The summed E-state index contributed by atoms with van der Waals surface area (Å²) >= 11 is 6.30. The third-order valence-corrected chi connectivity index (χ3v) is 3.13. The van der Waals surface area contributed by atoms with E-state index < -0.39 is 0 Å². The van der Waals surface area contributed by atoms with E-state index in [1.807, 2.05) is 18.2 Å². The molecule has 0 amide bonds. The molecule has 2 aromatic heterocycles. The smallest absolute Gasteiger partial charge is 0.223 e. The van der Waals surface area contributed by atoms with Gasteiger partial charge in [-0.1, -0.05) is 28.9 Å². The second-order valence-electron chi connectivity index (χ2n) is 4.31. The van der Waals surface area contributed by atoms with Gasteiger partial charge in [0.25, 0.3) is 0 Å². The normalized spacial score (nSPS) is 10.7. The van der Waals surface area contributed by atoms with E-state index in [2.05, 4.69) is 15.1 Å². The molecule has 5 nitrogen and oxygen atoms in total. The van der Waals surface area contributed by atoms with E-state index in [0.29, 0.717) is 22.4 Å². The largest absolute Gasteiger partial charge is 0.397 e. The summed E-state index contributed by atoms with van der Waals surface area (Å²) in [6.45, 7) is 1.74. The minimum absolute atomic E-state index is 0.514. The number of pyridine rings is 1. The predicted molar refractivity (Wildman–Crippen MR) is 77.1 cm³/mol. The zero-order valence-corrected chi connectivity index (χ0v) is 11.4. The molecule has 2 heterocycles. The minimum Gasteiger partial charge on any atom is -0.397 e. The molecular formula is C14H11ClN4O. The lowest BCUT2D eigenvalue weighted by Gasteiger charge is -2.05. The van der Waals surface area contributed by atoms with E-state index >= 15 is 0 Å². The van der Waals surface area contributed by atoms with E-state index in [4.69, 9.17) is 21.9 Å². The van der Waals surface area contributed by atoms with Crippen molar-refractivity contribution >= 4 is 17.3 Å². The number of hydrogen-bond acceptors (Lipinski definition) is 5. The Labute approximate surface area is 120 Å². The summed E-state index contributed by atoms with van der Waals surface area (Å²) in [6, 6.07) is 9.16. The number of halogens is 1. The van der Waals surface area contributed by atoms with E-state index in [0.717, 1.165) is 16.8 Å². The van der Waals surface area contributed by atoms with Crippen LogP contribution in [0.3, 0.4) is 0 Å². The molecule has 0 saturated heterocycles. The molecule has 0 bridgehead atoms. The second-order valence-corrected chi connectivity index (χ2v) is 4.72. The molecule has 100 valence electrons. The fraction of sp³-hybridized carbons (Fsp3) is 0.0714. The van der Waals surface area contributed by atoms with Gasteiger partial charge in [0.2, 0.25) is 11.7 Å². The SMILES string of the molecule is Cc1nc(-c2ccc(-c3ccc(N)cn3)c(Cl)c2)no1. The molecule has 0 spiro atoms. The number of hydrogen-bond donors (Lipinski definition) is 1. The first-order valence-corrected chi connectivity index (χ1v) is 6.33. The van der Waals surface area contributed by atoms with Gasteiger partial charge in [-0.2, -0.15) is 4.98 Å². The topological polar surface area (TPSA) is 77.8 Å². The minimum atomic E-state index is 0.514. The average Bonchev–Trinajstić information content (AvgIpc) is 2.87. The van der Waals surface area contributed by atoms with Gasteiger partial charge in [-0.25, -0.2) is 0 Å². The van der Waals surface area contributed by atoms with Crippen LogP contribution in [0.1, 0.15) is 5.89 Å². The van der Waals surface area contributed by atoms with Crippen LogP contribution in [-0.2, 0) is 0 Å². The Morgan fingerprint density at radius 1 is 1.20 bits per heavy atom. The monoisotopic (exact) mass is 286 g/mol. The van der Waals surface area contributed by atoms with Crippen LogP contribution in [0.15, 0.2) is 41.1 Å². The van der Waals surface area contributed by atoms with Crippen LogP contribution in [0.4, 0.5) is 5.69 Å². The first-order chi connectivity index (χ1) is 9.63. The van der Waals surface area contributed by atoms with E-state index in [1.54, 1.807) is 25.3 Å². The van der Waals surface area contributed by atoms with Crippen molar-refractivity contribution in [1.29, 1.82) is 0 Å². The first kappa shape index (κ1) is 12.6. The van der Waals surface area contributed by atoms with Crippen molar-refractivity contribution in [1.82, 2.24) is 15.1 Å². The maximum Gasteiger partial charge on any atom is 0.223 e. The maximum atomic E-state index is 6.30. The van der Waals surface area contributed by atoms with Crippen molar-refractivity contribution in [3.8, 4) is 22.6 Å². The van der Waals surface area contributed by atoms with Crippen molar-refractivity contribution < 1.29 is 4.52 Å². The van der Waals surface area contributed by atoms with Gasteiger partial charge >= 0.3 is 0 Å². The van der Waals surface area contributed by atoms with Gasteiger partial charge in [0.05, 0.1) is 22.6 Å². The third kappa shape index (κ3) is 2.35. The standard InChI is InChI=1S/C14H11ClN4O/c1-8-18-14(19-20-8)9-2-4-11(12(15)6-9)13-5-3-10(16)7-17-13/h2-7H,16H2,1H3. The summed E-state index contributed by atoms with van der Waals surface area (Å²) < 4.78 is 4.96. The number of rotatable bonds is 2. The van der Waals surface area contributed by atoms with Crippen LogP contribution >= 0.6 is 11.6 Å². The fourth-order valence-corrected chi connectivity index (χ4v) is 2.12. The van der Waals surface area contributed by atoms with Crippen LogP contribution in [0.2, 0.25) is 5.02 Å². The predicted octanol–water partition coefficient (Wildman–Crippen LogP) is 3.34. The maximum absolute atomic E-state index is 6.30. The Morgan fingerprint density at radius 2 is 2.05 bits per heavy atom. The van der Waals surface area contributed by atoms with Gasteiger partial charge in [-0.15, -0.1) is 0 Å². The Morgan fingerprint density at radius 3 is 2.65 bits per heavy atom. The lowest BCUT2D eigenvalue weighted by atomic mass is 10.1. The Balaban J connectivity index is 2.01. The van der Waals surface area contributed by atoms with Gasteiger partial charge in [0.1, 0.15) is 0 Å². The molecule has 0 saturated carbocycles. The summed E-state index contributed by atoms with van der Waals surface area (Å²) in [7, 11) is 0. The highest BCUT2D eigenvalue weighted by molar-refractivity contribution is 6.33. The molecular weight excluding hydrogens is 276 g/mol. The van der Waals surface area contributed by atoms with Crippen LogP contribution < -0.4 is 5.73 Å². The Bertz CT molecular complexity index is 752. The number of benzene rings is 1. The fourth-order valence-electron chi connectivity index (χ4n) is 1.84. The van der Waals surface area contributed by atoms with Gasteiger partial charge < -0.3 is 10.3 Å². The molecule has 3 aromatic rings. The number of aromatic nitrogens is 3. The highest BCUT2D eigenvalue weighted by atomic mass is 35.5. The van der Waals surface area contributed by atoms with Gasteiger partial charge in [0.15, 0.2) is 0 Å². The zero-order valence-electron chi connectivity index (χ0n) is 10.7. The molecule has 1 aromatic carbocycles. The van der Waals surface area contributed by atoms with Crippen molar-refractivity contribution in [2.45, 2.75) is 6.92 Å². The zero-order chi connectivity index (χ0) is 14.1. The Hall–Kier alpha value is -2.40. The number of nitrogens with two attached hydrogens (primary N) is 1. The second kappa shape index (κ2) is 4.94. The lowest BCUT2D eigenvalue weighted by Crippen LogP contribution is -1.89. The average molecular weight is 287 g/mol. The molecule has 0 aliphatic heterocycles. The number of nitrogen functional groups attached to an aromatic ring is 1. The molecule has 20 heavy (non-hydrogen) atoms. The number of nitrogens with zero attached hydrogens (tertiary/aromatic N) is 3. The van der Waals surface area contributed by atoms with Crippen LogP contribution in [0.25, 0.3) is 22.6 Å². The Kier molecular flexibility index (Phi) is 3.12. The molecule has 0 unspecified atom stereocenters. The molecule has 0 aliphatic rings. The first-order valence-electron chi connectivity index (χ1n) is 5.95. The number of aryl methyl sites for hydroxylation is 1. The lowest BCUT2D eigenvalue weighted by molar-refractivity contribution is 0.394. The van der Waals surface area contributed by atoms with Gasteiger partial charge in [-0.05, 0) is 18.2 Å². The highest BCUT2D eigenvalue weighted by Crippen LogP contribution is 2.30. The van der Waals surface area contributed by atoms with Crippen molar-refractivity contribution in [2.75, 3.05) is 5.73 Å². The molecule has 2 N–H and O–H groups in total. The van der Waals surface area contributed by atoms with E-state index in [-0.39, 0.29) is 0 Å². The molecule has 0 radical (unpaired) electrons. The highest BCUT2D eigenvalue weighted by Gasteiger charge is 2.10. The summed E-state index contributed by atoms with van der Waals surface area (Å²) in [6.07, 6.45) is 1.60. The quantitative estimate of drug-likeness (QED) is 0.781. The summed E-state index contributed by atoms with van der Waals surface area (Å²) in [5.41, 5.74) is 8.63. The van der Waals surface area contributed by atoms with Crippen molar-refractivity contribution in [2.24, 2.45) is 0 Å². The van der Waals surface area contributed by atoms with E-state index in [9.17, 15) is 0 Å². The van der Waals surface area contributed by atoms with Crippen LogP contribution in [0, 0.1) is 6.92 Å². The molecule has 0 atom stereocenters. The molecule has 0 aliphatic carbocycles. The number of anilines is 1. The summed E-state index contributed by atoms with van der Waals surface area (Å²) in [5, 5.41) is 4.44. The van der Waals surface area contributed by atoms with Gasteiger partial charge in [0, 0.05) is 18.1 Å². The van der Waals surface area contributed by atoms with Crippen molar-refractivity contribution in [3.05, 3.63) is 47.4 Å². The molecule has 3 rings (SSSR count).